The van der Waals surface area contributed by atoms with E-state index in [0.29, 0.717) is 25.3 Å². The van der Waals surface area contributed by atoms with E-state index in [1.807, 2.05) is 17.0 Å². The Kier molecular flexibility index (Phi) is 3.78. The fourth-order valence-electron chi connectivity index (χ4n) is 1.51. The van der Waals surface area contributed by atoms with Gasteiger partial charge in [-0.05, 0) is 22.6 Å². The summed E-state index contributed by atoms with van der Waals surface area (Å²) in [5.74, 6) is 0.785. The van der Waals surface area contributed by atoms with Crippen LogP contribution < -0.4 is 10.6 Å². The fraction of sp³-hybridized carbons (Fsp3) is 0.556. The first-order chi connectivity index (χ1) is 8.35. The molecule has 2 rings (SSSR count). The van der Waals surface area contributed by atoms with Gasteiger partial charge in [-0.2, -0.15) is 0 Å². The molecule has 2 aromatic heterocycles. The zero-order valence-electron chi connectivity index (χ0n) is 9.65. The lowest BCUT2D eigenvalue weighted by Crippen LogP contribution is -2.33. The van der Waals surface area contributed by atoms with E-state index < -0.39 is 0 Å². The van der Waals surface area contributed by atoms with Crippen molar-refractivity contribution in [2.24, 2.45) is 5.73 Å². The summed E-state index contributed by atoms with van der Waals surface area (Å²) < 4.78 is 6.45. The minimum absolute atomic E-state index is 0.555. The van der Waals surface area contributed by atoms with Gasteiger partial charge in [-0.25, -0.2) is 0 Å². The third-order valence-electron chi connectivity index (χ3n) is 2.34. The van der Waals surface area contributed by atoms with Crippen molar-refractivity contribution in [3.8, 4) is 0 Å². The Labute approximate surface area is 98.3 Å². The summed E-state index contributed by atoms with van der Waals surface area (Å²) in [6.07, 6.45) is 0. The monoisotopic (exact) mass is 237 g/mol. The quantitative estimate of drug-likeness (QED) is 0.683. The molecule has 0 fully saturated rings. The Morgan fingerprint density at radius 1 is 1.41 bits per heavy atom. The highest BCUT2D eigenvalue weighted by Crippen LogP contribution is 2.09. The fourth-order valence-corrected chi connectivity index (χ4v) is 1.51. The van der Waals surface area contributed by atoms with Crippen LogP contribution in [0, 0.1) is 0 Å². The van der Waals surface area contributed by atoms with Crippen LogP contribution in [0.3, 0.4) is 0 Å². The molecule has 2 aromatic rings. The molecule has 2 heterocycles. The molecule has 92 valence electrons. The number of tetrazole rings is 1. The maximum Gasteiger partial charge on any atom is 0.200 e. The van der Waals surface area contributed by atoms with Gasteiger partial charge in [0.15, 0.2) is 11.5 Å². The van der Waals surface area contributed by atoms with Crippen LogP contribution in [0.25, 0.3) is 5.65 Å². The molecule has 8 heteroatoms. The van der Waals surface area contributed by atoms with Gasteiger partial charge in [0.1, 0.15) is 0 Å². The number of nitrogens with two attached hydrogens (primary N) is 1. The van der Waals surface area contributed by atoms with Gasteiger partial charge < -0.3 is 15.4 Å². The Morgan fingerprint density at radius 3 is 3.06 bits per heavy atom. The van der Waals surface area contributed by atoms with Crippen molar-refractivity contribution in [2.45, 2.75) is 0 Å². The van der Waals surface area contributed by atoms with Crippen LogP contribution >= 0.6 is 0 Å². The predicted octanol–water partition coefficient (Wildman–Crippen LogP) is -1.07. The Bertz CT molecular complexity index is 471. The number of ether oxygens (including phenoxy) is 1. The van der Waals surface area contributed by atoms with E-state index >= 15 is 0 Å². The number of aromatic nitrogens is 5. The highest BCUT2D eigenvalue weighted by Gasteiger charge is 2.08. The summed E-state index contributed by atoms with van der Waals surface area (Å²) in [6, 6.07) is 3.69. The minimum atomic E-state index is 0.555. The van der Waals surface area contributed by atoms with Crippen LogP contribution in [0.1, 0.15) is 0 Å². The van der Waals surface area contributed by atoms with Crippen LogP contribution in [-0.2, 0) is 4.74 Å². The minimum Gasteiger partial charge on any atom is -0.383 e. The molecule has 17 heavy (non-hydrogen) atoms. The summed E-state index contributed by atoms with van der Waals surface area (Å²) in [4.78, 5) is 2.03. The molecule has 0 aromatic carbocycles. The molecule has 2 N–H and O–H groups in total. The number of fused-ring (bicyclic) bond motifs is 1. The first kappa shape index (κ1) is 11.7. The second-order valence-corrected chi connectivity index (χ2v) is 3.49. The van der Waals surface area contributed by atoms with Crippen LogP contribution in [0.15, 0.2) is 12.1 Å². The van der Waals surface area contributed by atoms with Gasteiger partial charge in [0.25, 0.3) is 0 Å². The van der Waals surface area contributed by atoms with Gasteiger partial charge in [0.05, 0.1) is 6.61 Å². The summed E-state index contributed by atoms with van der Waals surface area (Å²) in [7, 11) is 1.67. The summed E-state index contributed by atoms with van der Waals surface area (Å²) >= 11 is 0. The standard InChI is InChI=1S/C9H15N7O/c1-17-7-6-15(5-4-10)9-3-2-8-11-13-14-16(8)12-9/h2-3H,4-7,10H2,1H3. The third-order valence-corrected chi connectivity index (χ3v) is 2.34. The first-order valence-corrected chi connectivity index (χ1v) is 5.34. The van der Waals surface area contributed by atoms with Crippen molar-refractivity contribution in [1.29, 1.82) is 0 Å². The van der Waals surface area contributed by atoms with Gasteiger partial charge in [-0.1, -0.05) is 0 Å². The second kappa shape index (κ2) is 5.51. The molecule has 0 atom stereocenters. The predicted molar refractivity (Wildman–Crippen MR) is 61.7 cm³/mol. The Balaban J connectivity index is 2.20. The average molecular weight is 237 g/mol. The van der Waals surface area contributed by atoms with Gasteiger partial charge in [-0.3, -0.25) is 0 Å². The van der Waals surface area contributed by atoms with Crippen molar-refractivity contribution in [3.05, 3.63) is 12.1 Å². The topological polar surface area (TPSA) is 94.5 Å². The zero-order valence-corrected chi connectivity index (χ0v) is 9.65. The zero-order chi connectivity index (χ0) is 12.1. The molecule has 0 bridgehead atoms. The molecule has 0 amide bonds. The Morgan fingerprint density at radius 2 is 2.29 bits per heavy atom. The van der Waals surface area contributed by atoms with Crippen molar-refractivity contribution in [3.63, 3.8) is 0 Å². The third kappa shape index (κ3) is 2.66. The number of methoxy groups -OCH3 is 1. The second-order valence-electron chi connectivity index (χ2n) is 3.49. The lowest BCUT2D eigenvalue weighted by Gasteiger charge is -2.21. The van der Waals surface area contributed by atoms with Crippen LogP contribution in [-0.4, -0.2) is 58.6 Å². The molecule has 0 spiro atoms. The summed E-state index contributed by atoms with van der Waals surface area (Å²) in [5, 5.41) is 15.4. The lowest BCUT2D eigenvalue weighted by atomic mass is 10.4. The van der Waals surface area contributed by atoms with Crippen LogP contribution in [0.2, 0.25) is 0 Å². The van der Waals surface area contributed by atoms with Gasteiger partial charge in [0.2, 0.25) is 0 Å². The highest BCUT2D eigenvalue weighted by molar-refractivity contribution is 5.44. The van der Waals surface area contributed by atoms with E-state index in [0.717, 1.165) is 12.4 Å². The Hall–Kier alpha value is -1.80. The average Bonchev–Trinajstić information content (AvgIpc) is 2.81. The maximum atomic E-state index is 5.57. The number of nitrogens with zero attached hydrogens (tertiary/aromatic N) is 6. The summed E-state index contributed by atoms with van der Waals surface area (Å²) in [6.45, 7) is 2.62. The SMILES string of the molecule is COCCN(CCN)c1ccc2nnnn2n1. The van der Waals surface area contributed by atoms with Crippen molar-refractivity contribution < 1.29 is 4.74 Å². The van der Waals surface area contributed by atoms with Gasteiger partial charge in [0, 0.05) is 26.7 Å². The lowest BCUT2D eigenvalue weighted by molar-refractivity contribution is 0.205. The molecule has 0 radical (unpaired) electrons. The van der Waals surface area contributed by atoms with Gasteiger partial charge in [-0.15, -0.1) is 14.8 Å². The smallest absolute Gasteiger partial charge is 0.200 e. The maximum absolute atomic E-state index is 5.57. The molecular weight excluding hydrogens is 222 g/mol. The largest absolute Gasteiger partial charge is 0.383 e. The number of rotatable bonds is 6. The number of anilines is 1. The summed E-state index contributed by atoms with van der Waals surface area (Å²) in [5.41, 5.74) is 6.19. The molecule has 0 aliphatic carbocycles. The van der Waals surface area contributed by atoms with Crippen molar-refractivity contribution in [2.75, 3.05) is 38.3 Å². The molecule has 0 aliphatic heterocycles. The molecule has 0 saturated heterocycles. The van der Waals surface area contributed by atoms with Crippen molar-refractivity contribution >= 4 is 11.5 Å². The van der Waals surface area contributed by atoms with E-state index in [9.17, 15) is 0 Å². The van der Waals surface area contributed by atoms with Crippen LogP contribution in [0.5, 0.6) is 0 Å². The highest BCUT2D eigenvalue weighted by atomic mass is 16.5. The first-order valence-electron chi connectivity index (χ1n) is 5.34. The molecule has 0 aliphatic rings. The number of hydrogen-bond donors (Lipinski definition) is 1. The van der Waals surface area contributed by atoms with E-state index in [-0.39, 0.29) is 0 Å². The van der Waals surface area contributed by atoms with E-state index in [1.54, 1.807) is 7.11 Å². The normalized spacial score (nSPS) is 10.9. The molecule has 0 saturated carbocycles. The molecule has 0 unspecified atom stereocenters. The van der Waals surface area contributed by atoms with Crippen molar-refractivity contribution in [1.82, 2.24) is 25.3 Å². The van der Waals surface area contributed by atoms with Crippen LogP contribution in [0.4, 0.5) is 5.82 Å². The van der Waals surface area contributed by atoms with E-state index in [1.165, 1.54) is 4.63 Å². The number of hydrogen-bond acceptors (Lipinski definition) is 7. The molecule has 8 nitrogen and oxygen atoms in total. The van der Waals surface area contributed by atoms with E-state index in [4.69, 9.17) is 10.5 Å². The molecular formula is C9H15N7O. The van der Waals surface area contributed by atoms with E-state index in [2.05, 4.69) is 20.6 Å². The van der Waals surface area contributed by atoms with Gasteiger partial charge >= 0.3 is 0 Å².